The molecule has 20 heavy (non-hydrogen) atoms. The van der Waals surface area contributed by atoms with E-state index in [4.69, 9.17) is 15.2 Å². The SMILES string of the molecule is COc1cc(OC)cc(C(=O)NCCCC(C)CN)c1. The van der Waals surface area contributed by atoms with Gasteiger partial charge in [-0.2, -0.15) is 0 Å². The zero-order valence-electron chi connectivity index (χ0n) is 12.4. The van der Waals surface area contributed by atoms with Crippen molar-refractivity contribution in [2.45, 2.75) is 19.8 Å². The van der Waals surface area contributed by atoms with Crippen molar-refractivity contribution in [3.8, 4) is 11.5 Å². The summed E-state index contributed by atoms with van der Waals surface area (Å²) >= 11 is 0. The predicted molar refractivity (Wildman–Crippen MR) is 79.3 cm³/mol. The smallest absolute Gasteiger partial charge is 0.251 e. The van der Waals surface area contributed by atoms with Gasteiger partial charge in [-0.3, -0.25) is 4.79 Å². The van der Waals surface area contributed by atoms with Crippen molar-refractivity contribution >= 4 is 5.91 Å². The van der Waals surface area contributed by atoms with E-state index in [1.165, 1.54) is 0 Å². The molecule has 0 heterocycles. The van der Waals surface area contributed by atoms with E-state index in [9.17, 15) is 4.79 Å². The van der Waals surface area contributed by atoms with E-state index in [0.717, 1.165) is 12.8 Å². The van der Waals surface area contributed by atoms with Gasteiger partial charge in [0.2, 0.25) is 0 Å². The maximum Gasteiger partial charge on any atom is 0.251 e. The molecule has 0 spiro atoms. The molecule has 1 aromatic carbocycles. The van der Waals surface area contributed by atoms with Crippen molar-refractivity contribution in [2.24, 2.45) is 11.7 Å². The Bertz CT molecular complexity index is 413. The van der Waals surface area contributed by atoms with Crippen LogP contribution < -0.4 is 20.5 Å². The number of nitrogens with two attached hydrogens (primary N) is 1. The molecule has 0 aromatic heterocycles. The van der Waals surface area contributed by atoms with Crippen LogP contribution in [0.5, 0.6) is 11.5 Å². The van der Waals surface area contributed by atoms with Gasteiger partial charge in [0.05, 0.1) is 14.2 Å². The minimum absolute atomic E-state index is 0.123. The van der Waals surface area contributed by atoms with Gasteiger partial charge in [0.15, 0.2) is 0 Å². The lowest BCUT2D eigenvalue weighted by Crippen LogP contribution is -2.25. The largest absolute Gasteiger partial charge is 0.497 e. The Labute approximate surface area is 120 Å². The molecule has 1 aromatic rings. The fourth-order valence-corrected chi connectivity index (χ4v) is 1.81. The van der Waals surface area contributed by atoms with Gasteiger partial charge in [-0.15, -0.1) is 0 Å². The van der Waals surface area contributed by atoms with Crippen molar-refractivity contribution < 1.29 is 14.3 Å². The van der Waals surface area contributed by atoms with Gasteiger partial charge in [0.25, 0.3) is 5.91 Å². The van der Waals surface area contributed by atoms with Crippen LogP contribution in [0.1, 0.15) is 30.1 Å². The highest BCUT2D eigenvalue weighted by Crippen LogP contribution is 2.22. The number of carbonyl (C=O) groups is 1. The third-order valence-electron chi connectivity index (χ3n) is 3.18. The number of benzene rings is 1. The molecule has 5 heteroatoms. The first-order valence-corrected chi connectivity index (χ1v) is 6.82. The molecule has 112 valence electrons. The van der Waals surface area contributed by atoms with Crippen molar-refractivity contribution in [1.29, 1.82) is 0 Å². The number of hydrogen-bond donors (Lipinski definition) is 2. The Morgan fingerprint density at radius 2 is 1.85 bits per heavy atom. The minimum atomic E-state index is -0.123. The van der Waals surface area contributed by atoms with Crippen molar-refractivity contribution in [3.05, 3.63) is 23.8 Å². The quantitative estimate of drug-likeness (QED) is 0.712. The van der Waals surface area contributed by atoms with Crippen LogP contribution in [-0.4, -0.2) is 33.2 Å². The molecule has 1 rings (SSSR count). The monoisotopic (exact) mass is 280 g/mol. The number of hydrogen-bond acceptors (Lipinski definition) is 4. The minimum Gasteiger partial charge on any atom is -0.497 e. The van der Waals surface area contributed by atoms with Gasteiger partial charge >= 0.3 is 0 Å². The van der Waals surface area contributed by atoms with Crippen LogP contribution in [0.15, 0.2) is 18.2 Å². The highest BCUT2D eigenvalue weighted by molar-refractivity contribution is 5.95. The summed E-state index contributed by atoms with van der Waals surface area (Å²) in [5.41, 5.74) is 6.09. The average molecular weight is 280 g/mol. The Morgan fingerprint density at radius 3 is 2.35 bits per heavy atom. The third kappa shape index (κ3) is 5.09. The van der Waals surface area contributed by atoms with E-state index in [2.05, 4.69) is 12.2 Å². The van der Waals surface area contributed by atoms with E-state index in [1.54, 1.807) is 32.4 Å². The summed E-state index contributed by atoms with van der Waals surface area (Å²) in [7, 11) is 3.12. The highest BCUT2D eigenvalue weighted by Gasteiger charge is 2.09. The van der Waals surface area contributed by atoms with Crippen LogP contribution in [0.2, 0.25) is 0 Å². The molecule has 0 saturated carbocycles. The molecule has 0 radical (unpaired) electrons. The molecule has 0 saturated heterocycles. The first kappa shape index (κ1) is 16.3. The predicted octanol–water partition coefficient (Wildman–Crippen LogP) is 1.81. The van der Waals surface area contributed by atoms with Crippen molar-refractivity contribution in [2.75, 3.05) is 27.3 Å². The summed E-state index contributed by atoms with van der Waals surface area (Å²) < 4.78 is 10.3. The number of amides is 1. The Balaban J connectivity index is 2.54. The van der Waals surface area contributed by atoms with Gasteiger partial charge in [-0.1, -0.05) is 6.92 Å². The maximum atomic E-state index is 12.0. The molecule has 0 aliphatic rings. The summed E-state index contributed by atoms with van der Waals surface area (Å²) in [6.07, 6.45) is 1.93. The van der Waals surface area contributed by atoms with Crippen molar-refractivity contribution in [1.82, 2.24) is 5.32 Å². The second kappa shape index (κ2) is 8.43. The van der Waals surface area contributed by atoms with Gasteiger partial charge in [-0.05, 0) is 37.4 Å². The molecule has 1 unspecified atom stereocenters. The fraction of sp³-hybridized carbons (Fsp3) is 0.533. The number of methoxy groups -OCH3 is 2. The summed E-state index contributed by atoms with van der Waals surface area (Å²) in [4.78, 5) is 12.0. The lowest BCUT2D eigenvalue weighted by molar-refractivity contribution is 0.0952. The van der Waals surface area contributed by atoms with Gasteiger partial charge in [0.1, 0.15) is 11.5 Å². The normalized spacial score (nSPS) is 11.8. The molecular formula is C15H24N2O3. The number of nitrogens with one attached hydrogen (secondary N) is 1. The topological polar surface area (TPSA) is 73.6 Å². The van der Waals surface area contributed by atoms with Crippen LogP contribution >= 0.6 is 0 Å². The number of rotatable bonds is 8. The summed E-state index contributed by atoms with van der Waals surface area (Å²) in [5.74, 6) is 1.57. The second-order valence-corrected chi connectivity index (χ2v) is 4.84. The highest BCUT2D eigenvalue weighted by atomic mass is 16.5. The molecule has 1 atom stereocenters. The molecular weight excluding hydrogens is 256 g/mol. The second-order valence-electron chi connectivity index (χ2n) is 4.84. The molecule has 0 aliphatic heterocycles. The van der Waals surface area contributed by atoms with Crippen LogP contribution in [-0.2, 0) is 0 Å². The lowest BCUT2D eigenvalue weighted by atomic mass is 10.1. The van der Waals surface area contributed by atoms with Crippen LogP contribution in [0, 0.1) is 5.92 Å². The molecule has 0 fully saturated rings. The van der Waals surface area contributed by atoms with Crippen molar-refractivity contribution in [3.63, 3.8) is 0 Å². The van der Waals surface area contributed by atoms with E-state index in [1.807, 2.05) is 0 Å². The Kier molecular flexibility index (Phi) is 6.87. The summed E-state index contributed by atoms with van der Waals surface area (Å²) in [6.45, 7) is 3.43. The van der Waals surface area contributed by atoms with E-state index in [0.29, 0.717) is 36.1 Å². The van der Waals surface area contributed by atoms with Gasteiger partial charge in [0, 0.05) is 18.2 Å². The standard InChI is InChI=1S/C15H24N2O3/c1-11(10-16)5-4-6-17-15(18)12-7-13(19-2)9-14(8-12)20-3/h7-9,11H,4-6,10,16H2,1-3H3,(H,17,18). The summed E-state index contributed by atoms with van der Waals surface area (Å²) in [6, 6.07) is 5.13. The fourth-order valence-electron chi connectivity index (χ4n) is 1.81. The number of ether oxygens (including phenoxy) is 2. The van der Waals surface area contributed by atoms with Crippen LogP contribution in [0.4, 0.5) is 0 Å². The Morgan fingerprint density at radius 1 is 1.25 bits per heavy atom. The molecule has 1 amide bonds. The van der Waals surface area contributed by atoms with E-state index < -0.39 is 0 Å². The van der Waals surface area contributed by atoms with Crippen LogP contribution in [0.3, 0.4) is 0 Å². The Hall–Kier alpha value is -1.75. The summed E-state index contributed by atoms with van der Waals surface area (Å²) in [5, 5.41) is 2.89. The zero-order chi connectivity index (χ0) is 15.0. The van der Waals surface area contributed by atoms with E-state index in [-0.39, 0.29) is 5.91 Å². The molecule has 0 aliphatic carbocycles. The molecule has 3 N–H and O–H groups in total. The number of carbonyl (C=O) groups excluding carboxylic acids is 1. The van der Waals surface area contributed by atoms with Gasteiger partial charge in [-0.25, -0.2) is 0 Å². The molecule has 5 nitrogen and oxygen atoms in total. The first-order valence-electron chi connectivity index (χ1n) is 6.82. The zero-order valence-corrected chi connectivity index (χ0v) is 12.4. The molecule has 0 bridgehead atoms. The van der Waals surface area contributed by atoms with E-state index >= 15 is 0 Å². The first-order chi connectivity index (χ1) is 9.60. The maximum absolute atomic E-state index is 12.0. The van der Waals surface area contributed by atoms with Crippen LogP contribution in [0.25, 0.3) is 0 Å². The average Bonchev–Trinajstić information content (AvgIpc) is 2.50. The lowest BCUT2D eigenvalue weighted by Gasteiger charge is -2.10. The third-order valence-corrected chi connectivity index (χ3v) is 3.18. The van der Waals surface area contributed by atoms with Gasteiger partial charge < -0.3 is 20.5 Å².